The van der Waals surface area contributed by atoms with E-state index < -0.39 is 0 Å². The lowest BCUT2D eigenvalue weighted by Crippen LogP contribution is -1.78. The standard InChI is InChI=1S/C8H13F/c1-4-7(2)5-6-8(3)9/h2-6H2,1H3. The molecule has 0 saturated carbocycles. The molecule has 0 aromatic carbocycles. The highest BCUT2D eigenvalue weighted by molar-refractivity contribution is 4.96. The quantitative estimate of drug-likeness (QED) is 0.510. The van der Waals surface area contributed by atoms with Crippen LogP contribution in [0.5, 0.6) is 0 Å². The van der Waals surface area contributed by atoms with Crippen LogP contribution in [0.3, 0.4) is 0 Å². The van der Waals surface area contributed by atoms with Gasteiger partial charge in [0.25, 0.3) is 0 Å². The summed E-state index contributed by atoms with van der Waals surface area (Å²) < 4.78 is 12.0. The Labute approximate surface area is 56.1 Å². The van der Waals surface area contributed by atoms with Crippen molar-refractivity contribution in [1.29, 1.82) is 0 Å². The van der Waals surface area contributed by atoms with Crippen molar-refractivity contribution in [2.75, 3.05) is 0 Å². The molecular formula is C8H13F. The van der Waals surface area contributed by atoms with Gasteiger partial charge in [-0.3, -0.25) is 0 Å². The molecule has 0 nitrogen and oxygen atoms in total. The fraction of sp³-hybridized carbons (Fsp3) is 0.500. The van der Waals surface area contributed by atoms with Gasteiger partial charge in [-0.25, -0.2) is 4.39 Å². The number of rotatable bonds is 4. The first-order valence-corrected chi connectivity index (χ1v) is 3.16. The van der Waals surface area contributed by atoms with Crippen LogP contribution in [0, 0.1) is 0 Å². The van der Waals surface area contributed by atoms with Gasteiger partial charge in [0.1, 0.15) is 0 Å². The van der Waals surface area contributed by atoms with Gasteiger partial charge in [-0.05, 0) is 12.8 Å². The smallest absolute Gasteiger partial charge is 0.0931 e. The summed E-state index contributed by atoms with van der Waals surface area (Å²) in [5.41, 5.74) is 1.09. The molecule has 0 aromatic heterocycles. The lowest BCUT2D eigenvalue weighted by atomic mass is 10.1. The second-order valence-corrected chi connectivity index (χ2v) is 2.12. The lowest BCUT2D eigenvalue weighted by molar-refractivity contribution is 0.590. The van der Waals surface area contributed by atoms with E-state index >= 15 is 0 Å². The Morgan fingerprint density at radius 3 is 2.22 bits per heavy atom. The Balaban J connectivity index is 3.28. The average molecular weight is 128 g/mol. The van der Waals surface area contributed by atoms with E-state index in [1.165, 1.54) is 0 Å². The summed E-state index contributed by atoms with van der Waals surface area (Å²) in [6.07, 6.45) is 2.12. The van der Waals surface area contributed by atoms with Crippen LogP contribution in [0.25, 0.3) is 0 Å². The molecule has 0 N–H and O–H groups in total. The van der Waals surface area contributed by atoms with Gasteiger partial charge in [0.05, 0.1) is 5.83 Å². The van der Waals surface area contributed by atoms with E-state index in [0.29, 0.717) is 6.42 Å². The Hall–Kier alpha value is -0.590. The second-order valence-electron chi connectivity index (χ2n) is 2.12. The summed E-state index contributed by atoms with van der Waals surface area (Å²) in [7, 11) is 0. The first-order valence-electron chi connectivity index (χ1n) is 3.16. The monoisotopic (exact) mass is 128 g/mol. The third-order valence-corrected chi connectivity index (χ3v) is 1.25. The fourth-order valence-electron chi connectivity index (χ4n) is 0.489. The minimum absolute atomic E-state index is 0.246. The Morgan fingerprint density at radius 2 is 1.89 bits per heavy atom. The highest BCUT2D eigenvalue weighted by Gasteiger charge is 1.92. The molecule has 0 rings (SSSR count). The van der Waals surface area contributed by atoms with Crippen molar-refractivity contribution in [2.24, 2.45) is 0 Å². The Bertz CT molecular complexity index is 114. The number of hydrogen-bond acceptors (Lipinski definition) is 0. The summed E-state index contributed by atoms with van der Waals surface area (Å²) in [6.45, 7) is 8.91. The normalized spacial score (nSPS) is 9.11. The van der Waals surface area contributed by atoms with E-state index in [4.69, 9.17) is 0 Å². The van der Waals surface area contributed by atoms with E-state index in [-0.39, 0.29) is 5.83 Å². The van der Waals surface area contributed by atoms with Crippen LogP contribution in [0.4, 0.5) is 4.39 Å². The minimum Gasteiger partial charge on any atom is -0.212 e. The molecule has 0 saturated heterocycles. The van der Waals surface area contributed by atoms with Crippen molar-refractivity contribution in [1.82, 2.24) is 0 Å². The minimum atomic E-state index is -0.246. The number of hydrogen-bond donors (Lipinski definition) is 0. The molecule has 0 fully saturated rings. The molecule has 0 atom stereocenters. The zero-order chi connectivity index (χ0) is 7.28. The highest BCUT2D eigenvalue weighted by Crippen LogP contribution is 2.11. The van der Waals surface area contributed by atoms with Crippen molar-refractivity contribution < 1.29 is 4.39 Å². The maximum atomic E-state index is 12.0. The maximum absolute atomic E-state index is 12.0. The summed E-state index contributed by atoms with van der Waals surface area (Å²) in [6, 6.07) is 0. The maximum Gasteiger partial charge on any atom is 0.0931 e. The van der Waals surface area contributed by atoms with Crippen LogP contribution in [-0.4, -0.2) is 0 Å². The Morgan fingerprint density at radius 1 is 1.33 bits per heavy atom. The van der Waals surface area contributed by atoms with E-state index in [0.717, 1.165) is 18.4 Å². The van der Waals surface area contributed by atoms with Crippen LogP contribution >= 0.6 is 0 Å². The molecule has 0 amide bonds. The van der Waals surface area contributed by atoms with Crippen LogP contribution in [0.2, 0.25) is 0 Å². The predicted octanol–water partition coefficient (Wildman–Crippen LogP) is 3.22. The second kappa shape index (κ2) is 4.30. The first kappa shape index (κ1) is 8.41. The van der Waals surface area contributed by atoms with Crippen LogP contribution in [-0.2, 0) is 0 Å². The van der Waals surface area contributed by atoms with Gasteiger partial charge >= 0.3 is 0 Å². The molecule has 9 heavy (non-hydrogen) atoms. The van der Waals surface area contributed by atoms with Gasteiger partial charge in [-0.2, -0.15) is 0 Å². The van der Waals surface area contributed by atoms with Crippen molar-refractivity contribution in [3.8, 4) is 0 Å². The molecule has 52 valence electrons. The molecule has 0 spiro atoms. The molecular weight excluding hydrogens is 115 g/mol. The molecule has 0 aliphatic rings. The van der Waals surface area contributed by atoms with E-state index in [1.54, 1.807) is 0 Å². The first-order chi connectivity index (χ1) is 4.16. The summed E-state index contributed by atoms with van der Waals surface area (Å²) >= 11 is 0. The molecule has 1 heteroatoms. The number of allylic oxidation sites excluding steroid dienone is 2. The molecule has 0 radical (unpaired) electrons. The largest absolute Gasteiger partial charge is 0.212 e. The van der Waals surface area contributed by atoms with Crippen molar-refractivity contribution >= 4 is 0 Å². The van der Waals surface area contributed by atoms with E-state index in [2.05, 4.69) is 13.2 Å². The summed E-state index contributed by atoms with van der Waals surface area (Å²) in [4.78, 5) is 0. The third-order valence-electron chi connectivity index (χ3n) is 1.25. The molecule has 0 aliphatic carbocycles. The zero-order valence-corrected chi connectivity index (χ0v) is 5.91. The molecule has 0 aromatic rings. The van der Waals surface area contributed by atoms with Crippen molar-refractivity contribution in [3.05, 3.63) is 24.6 Å². The van der Waals surface area contributed by atoms with Gasteiger partial charge in [-0.15, -0.1) is 0 Å². The van der Waals surface area contributed by atoms with E-state index in [1.807, 2.05) is 6.92 Å². The van der Waals surface area contributed by atoms with Gasteiger partial charge in [0.2, 0.25) is 0 Å². The fourth-order valence-corrected chi connectivity index (χ4v) is 0.489. The third kappa shape index (κ3) is 5.28. The average Bonchev–Trinajstić information content (AvgIpc) is 1.83. The van der Waals surface area contributed by atoms with E-state index in [9.17, 15) is 4.39 Å². The zero-order valence-electron chi connectivity index (χ0n) is 5.91. The van der Waals surface area contributed by atoms with Gasteiger partial charge in [0, 0.05) is 6.42 Å². The molecule has 0 bridgehead atoms. The van der Waals surface area contributed by atoms with Crippen LogP contribution in [0.15, 0.2) is 24.6 Å². The highest BCUT2D eigenvalue weighted by atomic mass is 19.1. The summed E-state index contributed by atoms with van der Waals surface area (Å²) in [5.74, 6) is -0.246. The SMILES string of the molecule is C=C(F)CCC(=C)CC. The topological polar surface area (TPSA) is 0 Å². The van der Waals surface area contributed by atoms with Gasteiger partial charge < -0.3 is 0 Å². The number of halogens is 1. The summed E-state index contributed by atoms with van der Waals surface area (Å²) in [5, 5.41) is 0. The lowest BCUT2D eigenvalue weighted by Gasteiger charge is -1.97. The predicted molar refractivity (Wildman–Crippen MR) is 38.9 cm³/mol. The molecule has 0 heterocycles. The van der Waals surface area contributed by atoms with Crippen molar-refractivity contribution in [2.45, 2.75) is 26.2 Å². The molecule has 0 unspecified atom stereocenters. The van der Waals surface area contributed by atoms with Crippen LogP contribution in [0.1, 0.15) is 26.2 Å². The molecule has 0 aliphatic heterocycles. The Kier molecular flexibility index (Phi) is 4.02. The van der Waals surface area contributed by atoms with Crippen molar-refractivity contribution in [3.63, 3.8) is 0 Å². The van der Waals surface area contributed by atoms with Gasteiger partial charge in [0.15, 0.2) is 0 Å². The van der Waals surface area contributed by atoms with Gasteiger partial charge in [-0.1, -0.05) is 25.7 Å². The van der Waals surface area contributed by atoms with Crippen LogP contribution < -0.4 is 0 Å².